The maximum absolute atomic E-state index is 12.9. The number of alkyl halides is 3. The summed E-state index contributed by atoms with van der Waals surface area (Å²) in [5, 5.41) is 2.80. The van der Waals surface area contributed by atoms with Crippen molar-refractivity contribution in [2.24, 2.45) is 0 Å². The molecule has 4 rings (SSSR count). The molecular formula is C28H19F3N2O2. The summed E-state index contributed by atoms with van der Waals surface area (Å²) in [6.07, 6.45) is 0.204. The van der Waals surface area contributed by atoms with Crippen molar-refractivity contribution in [3.05, 3.63) is 126 Å². The van der Waals surface area contributed by atoms with Gasteiger partial charge >= 0.3 is 6.18 Å². The number of aromatic nitrogens is 1. The number of anilines is 1. The Morgan fingerprint density at radius 3 is 2.14 bits per heavy atom. The van der Waals surface area contributed by atoms with Gasteiger partial charge in [-0.15, -0.1) is 0 Å². The number of carbonyl (C=O) groups is 2. The molecule has 0 unspecified atom stereocenters. The topological polar surface area (TPSA) is 59.1 Å². The maximum atomic E-state index is 12.9. The summed E-state index contributed by atoms with van der Waals surface area (Å²) < 4.78 is 38.6. The van der Waals surface area contributed by atoms with Gasteiger partial charge in [-0.3, -0.25) is 14.6 Å². The van der Waals surface area contributed by atoms with E-state index in [0.29, 0.717) is 28.1 Å². The lowest BCUT2D eigenvalue weighted by Crippen LogP contribution is -2.13. The first kappa shape index (κ1) is 23.6. The van der Waals surface area contributed by atoms with Crippen LogP contribution in [0.5, 0.6) is 0 Å². The van der Waals surface area contributed by atoms with Crippen LogP contribution in [0, 0.1) is 0 Å². The van der Waals surface area contributed by atoms with Crippen LogP contribution in [0.15, 0.2) is 103 Å². The molecule has 0 spiro atoms. The van der Waals surface area contributed by atoms with Gasteiger partial charge in [0.25, 0.3) is 5.91 Å². The van der Waals surface area contributed by atoms with Crippen LogP contribution in [-0.2, 0) is 6.18 Å². The van der Waals surface area contributed by atoms with Gasteiger partial charge < -0.3 is 5.32 Å². The van der Waals surface area contributed by atoms with Gasteiger partial charge in [-0.2, -0.15) is 13.2 Å². The smallest absolute Gasteiger partial charge is 0.322 e. The lowest BCUT2D eigenvalue weighted by atomic mass is 9.98. The van der Waals surface area contributed by atoms with Crippen LogP contribution in [0.4, 0.5) is 18.9 Å². The number of ketones is 1. The van der Waals surface area contributed by atoms with Crippen molar-refractivity contribution in [1.82, 2.24) is 4.98 Å². The van der Waals surface area contributed by atoms with Crippen molar-refractivity contribution < 1.29 is 22.8 Å². The third kappa shape index (κ3) is 5.89. The molecule has 0 radical (unpaired) electrons. The summed E-state index contributed by atoms with van der Waals surface area (Å²) in [6.45, 7) is 0. The highest BCUT2D eigenvalue weighted by atomic mass is 19.4. The monoisotopic (exact) mass is 472 g/mol. The predicted octanol–water partition coefficient (Wildman–Crippen LogP) is 6.92. The molecule has 0 fully saturated rings. The number of rotatable bonds is 6. The van der Waals surface area contributed by atoms with Crippen LogP contribution in [0.2, 0.25) is 0 Å². The molecule has 0 atom stereocenters. The molecule has 35 heavy (non-hydrogen) atoms. The van der Waals surface area contributed by atoms with Gasteiger partial charge in [-0.1, -0.05) is 54.6 Å². The average Bonchev–Trinajstić information content (AvgIpc) is 2.88. The molecule has 0 aliphatic heterocycles. The zero-order valence-corrected chi connectivity index (χ0v) is 18.3. The highest BCUT2D eigenvalue weighted by Crippen LogP contribution is 2.32. The Morgan fingerprint density at radius 1 is 0.800 bits per heavy atom. The molecule has 1 N–H and O–H groups in total. The van der Waals surface area contributed by atoms with Gasteiger partial charge in [0.1, 0.15) is 5.69 Å². The molecular weight excluding hydrogens is 453 g/mol. The Hall–Kier alpha value is -4.52. The Kier molecular flexibility index (Phi) is 6.87. The standard InChI is InChI=1S/C28H19F3N2O2/c29-28(30,31)21-13-11-20(12-14-21)23-5-1-2-6-24(23)27(35)33-22-15-8-19(9-16-22)10-17-26(34)25-7-3-4-18-32-25/h1-18H,(H,33,35). The second kappa shape index (κ2) is 10.2. The molecule has 7 heteroatoms. The molecule has 0 saturated heterocycles. The minimum atomic E-state index is -4.43. The summed E-state index contributed by atoms with van der Waals surface area (Å²) in [5.74, 6) is -0.614. The molecule has 1 aromatic heterocycles. The summed E-state index contributed by atoms with van der Waals surface area (Å²) in [6, 6.07) is 23.4. The number of hydrogen-bond acceptors (Lipinski definition) is 3. The van der Waals surface area contributed by atoms with E-state index in [1.54, 1.807) is 79.0 Å². The molecule has 4 nitrogen and oxygen atoms in total. The first-order valence-electron chi connectivity index (χ1n) is 10.6. The number of nitrogens with one attached hydrogen (secondary N) is 1. The van der Waals surface area contributed by atoms with E-state index >= 15 is 0 Å². The first-order chi connectivity index (χ1) is 16.8. The molecule has 0 bridgehead atoms. The fraction of sp³-hybridized carbons (Fsp3) is 0.0357. The Bertz CT molecular complexity index is 1360. The summed E-state index contributed by atoms with van der Waals surface area (Å²) >= 11 is 0. The number of nitrogens with zero attached hydrogens (tertiary/aromatic N) is 1. The summed E-state index contributed by atoms with van der Waals surface area (Å²) in [5.41, 5.74) is 2.24. The molecule has 174 valence electrons. The van der Waals surface area contributed by atoms with E-state index in [-0.39, 0.29) is 5.78 Å². The van der Waals surface area contributed by atoms with E-state index in [1.165, 1.54) is 18.2 Å². The minimum absolute atomic E-state index is 0.220. The van der Waals surface area contributed by atoms with Crippen molar-refractivity contribution in [3.63, 3.8) is 0 Å². The highest BCUT2D eigenvalue weighted by Gasteiger charge is 2.30. The largest absolute Gasteiger partial charge is 0.416 e. The quantitative estimate of drug-likeness (QED) is 0.245. The van der Waals surface area contributed by atoms with E-state index in [1.807, 2.05) is 0 Å². The average molecular weight is 472 g/mol. The third-order valence-electron chi connectivity index (χ3n) is 5.21. The first-order valence-corrected chi connectivity index (χ1v) is 10.6. The van der Waals surface area contributed by atoms with Crippen molar-refractivity contribution in [1.29, 1.82) is 0 Å². The van der Waals surface area contributed by atoms with E-state index in [4.69, 9.17) is 0 Å². The van der Waals surface area contributed by atoms with Crippen LogP contribution in [-0.4, -0.2) is 16.7 Å². The minimum Gasteiger partial charge on any atom is -0.322 e. The van der Waals surface area contributed by atoms with E-state index in [2.05, 4.69) is 10.3 Å². The lowest BCUT2D eigenvalue weighted by Gasteiger charge is -2.12. The molecule has 1 heterocycles. The summed E-state index contributed by atoms with van der Waals surface area (Å²) in [4.78, 5) is 29.1. The second-order valence-electron chi connectivity index (χ2n) is 7.61. The molecule has 3 aromatic carbocycles. The van der Waals surface area contributed by atoms with E-state index in [0.717, 1.165) is 17.7 Å². The van der Waals surface area contributed by atoms with Crippen LogP contribution in [0.3, 0.4) is 0 Å². The predicted molar refractivity (Wildman–Crippen MR) is 129 cm³/mol. The summed E-state index contributed by atoms with van der Waals surface area (Å²) in [7, 11) is 0. The molecule has 0 aliphatic rings. The molecule has 4 aromatic rings. The molecule has 0 aliphatic carbocycles. The Balaban J connectivity index is 1.47. The van der Waals surface area contributed by atoms with Crippen LogP contribution >= 0.6 is 0 Å². The van der Waals surface area contributed by atoms with Gasteiger partial charge in [0.15, 0.2) is 0 Å². The van der Waals surface area contributed by atoms with Crippen LogP contribution in [0.1, 0.15) is 32.0 Å². The van der Waals surface area contributed by atoms with Crippen molar-refractivity contribution >= 4 is 23.5 Å². The lowest BCUT2D eigenvalue weighted by molar-refractivity contribution is -0.137. The zero-order chi connectivity index (χ0) is 24.8. The Morgan fingerprint density at radius 2 is 1.49 bits per heavy atom. The number of pyridine rings is 1. The molecule has 1 amide bonds. The van der Waals surface area contributed by atoms with Crippen LogP contribution < -0.4 is 5.32 Å². The van der Waals surface area contributed by atoms with Gasteiger partial charge in [-0.05, 0) is 65.2 Å². The SMILES string of the molecule is O=C(C=Cc1ccc(NC(=O)c2ccccc2-c2ccc(C(F)(F)F)cc2)cc1)c1ccccn1. The second-order valence-corrected chi connectivity index (χ2v) is 7.61. The van der Waals surface area contributed by atoms with Crippen LogP contribution in [0.25, 0.3) is 17.2 Å². The number of carbonyl (C=O) groups excluding carboxylic acids is 2. The number of halogens is 3. The number of allylic oxidation sites excluding steroid dienone is 1. The van der Waals surface area contributed by atoms with Crippen molar-refractivity contribution in [2.75, 3.05) is 5.32 Å². The van der Waals surface area contributed by atoms with Gasteiger partial charge in [-0.25, -0.2) is 0 Å². The van der Waals surface area contributed by atoms with Gasteiger partial charge in [0.2, 0.25) is 5.78 Å². The number of hydrogen-bond donors (Lipinski definition) is 1. The fourth-order valence-corrected chi connectivity index (χ4v) is 3.41. The fourth-order valence-electron chi connectivity index (χ4n) is 3.41. The number of benzene rings is 3. The van der Waals surface area contributed by atoms with Crippen molar-refractivity contribution in [2.45, 2.75) is 6.18 Å². The van der Waals surface area contributed by atoms with Gasteiger partial charge in [0, 0.05) is 17.4 Å². The van der Waals surface area contributed by atoms with E-state index < -0.39 is 17.6 Å². The molecule has 0 saturated carbocycles. The zero-order valence-electron chi connectivity index (χ0n) is 18.3. The highest BCUT2D eigenvalue weighted by molar-refractivity contribution is 6.09. The maximum Gasteiger partial charge on any atom is 0.416 e. The third-order valence-corrected chi connectivity index (χ3v) is 5.21. The van der Waals surface area contributed by atoms with Crippen molar-refractivity contribution in [3.8, 4) is 11.1 Å². The number of amides is 1. The van der Waals surface area contributed by atoms with Gasteiger partial charge in [0.05, 0.1) is 5.56 Å². The normalized spacial score (nSPS) is 11.4. The Labute approximate surface area is 199 Å². The van der Waals surface area contributed by atoms with E-state index in [9.17, 15) is 22.8 Å².